The molecule has 2 aliphatic rings. The van der Waals surface area contributed by atoms with Crippen LogP contribution < -0.4 is 0 Å². The lowest BCUT2D eigenvalue weighted by molar-refractivity contribution is -0.127. The Morgan fingerprint density at radius 1 is 1.35 bits per heavy atom. The number of methoxy groups -OCH3 is 1. The number of esters is 1. The van der Waals surface area contributed by atoms with Gasteiger partial charge in [-0.15, -0.1) is 11.3 Å². The summed E-state index contributed by atoms with van der Waals surface area (Å²) in [6, 6.07) is 0.904. The molecular formula is C12H12N2O6S3. The fourth-order valence-electron chi connectivity index (χ4n) is 2.37. The van der Waals surface area contributed by atoms with E-state index >= 15 is 0 Å². The van der Waals surface area contributed by atoms with Gasteiger partial charge in [-0.2, -0.15) is 4.31 Å². The predicted octanol–water partition coefficient (Wildman–Crippen LogP) is 0.603. The second-order valence-corrected chi connectivity index (χ2v) is 8.65. The van der Waals surface area contributed by atoms with Gasteiger partial charge in [0.15, 0.2) is 0 Å². The Morgan fingerprint density at radius 3 is 2.61 bits per heavy atom. The molecule has 3 rings (SSSR count). The van der Waals surface area contributed by atoms with Crippen LogP contribution in [0.2, 0.25) is 0 Å². The van der Waals surface area contributed by atoms with E-state index in [4.69, 9.17) is 0 Å². The Bertz CT molecular complexity index is 764. The summed E-state index contributed by atoms with van der Waals surface area (Å²) in [5, 5.41) is 1.16. The normalized spacial score (nSPS) is 20.0. The number of thiophene rings is 1. The third kappa shape index (κ3) is 2.67. The number of amides is 2. The molecule has 0 saturated carbocycles. The molecule has 0 spiro atoms. The molecule has 11 heteroatoms. The van der Waals surface area contributed by atoms with Crippen molar-refractivity contribution in [1.29, 1.82) is 0 Å². The molecule has 2 fully saturated rings. The number of carbonyl (C=O) groups excluding carboxylic acids is 3. The summed E-state index contributed by atoms with van der Waals surface area (Å²) >= 11 is 1.90. The van der Waals surface area contributed by atoms with Gasteiger partial charge >= 0.3 is 5.97 Å². The monoisotopic (exact) mass is 376 g/mol. The Balaban J connectivity index is 1.77. The number of carbonyl (C=O) groups is 3. The number of ether oxygens (including phenoxy) is 1. The van der Waals surface area contributed by atoms with Crippen molar-refractivity contribution >= 4 is 50.2 Å². The molecule has 0 aliphatic carbocycles. The maximum atomic E-state index is 12.6. The summed E-state index contributed by atoms with van der Waals surface area (Å²) in [6.07, 6.45) is 0. The van der Waals surface area contributed by atoms with E-state index in [0.29, 0.717) is 0 Å². The first-order valence-corrected chi connectivity index (χ1v) is 9.81. The molecule has 0 aromatic carbocycles. The zero-order valence-electron chi connectivity index (χ0n) is 11.9. The Labute approximate surface area is 140 Å². The standard InChI is InChI=1S/C12H12N2O6S3/c1-20-11(16)10-8(2-3-21-10)23(18,19)13-4-7(5-13)14-9(15)6-22-12(14)17/h2-3,7H,4-6H2,1H3. The summed E-state index contributed by atoms with van der Waals surface area (Å²) in [4.78, 5) is 35.9. The van der Waals surface area contributed by atoms with Crippen molar-refractivity contribution in [2.75, 3.05) is 26.0 Å². The molecule has 2 amide bonds. The van der Waals surface area contributed by atoms with Gasteiger partial charge in [-0.1, -0.05) is 11.8 Å². The van der Waals surface area contributed by atoms with E-state index < -0.39 is 22.0 Å². The average molecular weight is 376 g/mol. The molecule has 8 nitrogen and oxygen atoms in total. The number of rotatable bonds is 4. The van der Waals surface area contributed by atoms with Crippen molar-refractivity contribution < 1.29 is 27.5 Å². The summed E-state index contributed by atoms with van der Waals surface area (Å²) in [5.74, 6) is -0.913. The van der Waals surface area contributed by atoms with Crippen LogP contribution in [0.4, 0.5) is 4.79 Å². The van der Waals surface area contributed by atoms with Gasteiger partial charge in [0.1, 0.15) is 9.77 Å². The summed E-state index contributed by atoms with van der Waals surface area (Å²) in [7, 11) is -2.67. The van der Waals surface area contributed by atoms with Gasteiger partial charge in [-0.05, 0) is 11.4 Å². The van der Waals surface area contributed by atoms with E-state index in [1.165, 1.54) is 18.6 Å². The van der Waals surface area contributed by atoms with Crippen molar-refractivity contribution in [3.63, 3.8) is 0 Å². The second kappa shape index (κ2) is 5.89. The minimum absolute atomic E-state index is 0.0137. The minimum Gasteiger partial charge on any atom is -0.465 e. The van der Waals surface area contributed by atoms with Crippen molar-refractivity contribution in [2.45, 2.75) is 10.9 Å². The molecule has 3 heterocycles. The zero-order valence-corrected chi connectivity index (χ0v) is 14.4. The lowest BCUT2D eigenvalue weighted by atomic mass is 10.1. The zero-order chi connectivity index (χ0) is 16.8. The number of hydrogen-bond acceptors (Lipinski definition) is 8. The smallest absolute Gasteiger partial charge is 0.349 e. The highest BCUT2D eigenvalue weighted by Crippen LogP contribution is 2.32. The lowest BCUT2D eigenvalue weighted by Crippen LogP contribution is -2.61. The number of nitrogens with zero attached hydrogens (tertiary/aromatic N) is 2. The Kier molecular flexibility index (Phi) is 4.21. The molecule has 1 aromatic rings. The lowest BCUT2D eigenvalue weighted by Gasteiger charge is -2.41. The molecule has 0 unspecified atom stereocenters. The van der Waals surface area contributed by atoms with Crippen molar-refractivity contribution in [3.8, 4) is 0 Å². The van der Waals surface area contributed by atoms with E-state index in [-0.39, 0.29) is 39.8 Å². The third-order valence-electron chi connectivity index (χ3n) is 3.60. The molecule has 23 heavy (non-hydrogen) atoms. The van der Waals surface area contributed by atoms with E-state index in [0.717, 1.165) is 32.3 Å². The van der Waals surface area contributed by atoms with Crippen molar-refractivity contribution in [3.05, 3.63) is 16.3 Å². The van der Waals surface area contributed by atoms with Gasteiger partial charge in [0.2, 0.25) is 15.9 Å². The first-order valence-electron chi connectivity index (χ1n) is 6.51. The van der Waals surface area contributed by atoms with Crippen LogP contribution in [-0.2, 0) is 19.6 Å². The molecular weight excluding hydrogens is 364 g/mol. The fraction of sp³-hybridized carbons (Fsp3) is 0.417. The molecule has 0 radical (unpaired) electrons. The highest BCUT2D eigenvalue weighted by Gasteiger charge is 2.46. The van der Waals surface area contributed by atoms with Gasteiger partial charge in [0.25, 0.3) is 5.24 Å². The average Bonchev–Trinajstić information content (AvgIpc) is 3.06. The molecule has 0 atom stereocenters. The fourth-order valence-corrected chi connectivity index (χ4v) is 5.97. The quantitative estimate of drug-likeness (QED) is 0.709. The largest absolute Gasteiger partial charge is 0.465 e. The van der Waals surface area contributed by atoms with E-state index in [9.17, 15) is 22.8 Å². The Morgan fingerprint density at radius 2 is 2.04 bits per heavy atom. The van der Waals surface area contributed by atoms with Crippen LogP contribution in [-0.4, -0.2) is 66.7 Å². The number of sulfonamides is 1. The SMILES string of the molecule is COC(=O)c1sccc1S(=O)(=O)N1CC(N2C(=O)CSC2=O)C1. The number of thioether (sulfide) groups is 1. The van der Waals surface area contributed by atoms with Gasteiger partial charge in [-0.3, -0.25) is 14.5 Å². The van der Waals surface area contributed by atoms with Crippen LogP contribution in [0.5, 0.6) is 0 Å². The van der Waals surface area contributed by atoms with Crippen LogP contribution in [0.1, 0.15) is 9.67 Å². The highest BCUT2D eigenvalue weighted by atomic mass is 32.2. The molecule has 124 valence electrons. The minimum atomic E-state index is -3.86. The van der Waals surface area contributed by atoms with Gasteiger partial charge < -0.3 is 4.74 Å². The molecule has 0 N–H and O–H groups in total. The van der Waals surface area contributed by atoms with E-state index in [2.05, 4.69) is 4.74 Å². The van der Waals surface area contributed by atoms with Crippen LogP contribution >= 0.6 is 23.1 Å². The Hall–Kier alpha value is -1.43. The van der Waals surface area contributed by atoms with Gasteiger partial charge in [0, 0.05) is 13.1 Å². The molecule has 0 bridgehead atoms. The van der Waals surface area contributed by atoms with Crippen molar-refractivity contribution in [1.82, 2.24) is 9.21 Å². The van der Waals surface area contributed by atoms with Crippen LogP contribution in [0.3, 0.4) is 0 Å². The van der Waals surface area contributed by atoms with Gasteiger partial charge in [-0.25, -0.2) is 13.2 Å². The maximum Gasteiger partial charge on any atom is 0.349 e. The molecule has 2 saturated heterocycles. The number of hydrogen-bond donors (Lipinski definition) is 0. The molecule has 1 aromatic heterocycles. The van der Waals surface area contributed by atoms with Gasteiger partial charge in [0.05, 0.1) is 18.9 Å². The second-order valence-electron chi connectivity index (χ2n) is 4.90. The van der Waals surface area contributed by atoms with Crippen LogP contribution in [0.25, 0.3) is 0 Å². The van der Waals surface area contributed by atoms with Crippen LogP contribution in [0.15, 0.2) is 16.3 Å². The first-order chi connectivity index (χ1) is 10.9. The predicted molar refractivity (Wildman–Crippen MR) is 82.9 cm³/mol. The molecule has 2 aliphatic heterocycles. The van der Waals surface area contributed by atoms with E-state index in [1.807, 2.05) is 0 Å². The summed E-state index contributed by atoms with van der Waals surface area (Å²) in [5.41, 5.74) is 0. The summed E-state index contributed by atoms with van der Waals surface area (Å²) < 4.78 is 30.9. The topological polar surface area (TPSA) is 101 Å². The maximum absolute atomic E-state index is 12.6. The van der Waals surface area contributed by atoms with Crippen LogP contribution in [0, 0.1) is 0 Å². The summed E-state index contributed by atoms with van der Waals surface area (Å²) in [6.45, 7) is 0.0770. The third-order valence-corrected chi connectivity index (χ3v) is 7.33. The first kappa shape index (κ1) is 16.4. The van der Waals surface area contributed by atoms with E-state index in [1.54, 1.807) is 0 Å². The number of imide groups is 1. The highest BCUT2D eigenvalue weighted by molar-refractivity contribution is 8.14. The van der Waals surface area contributed by atoms with Crippen molar-refractivity contribution in [2.24, 2.45) is 0 Å².